The summed E-state index contributed by atoms with van der Waals surface area (Å²) >= 11 is 1.97. The Morgan fingerprint density at radius 3 is 2.70 bits per heavy atom. The number of halogens is 1. The molecule has 3 nitrogen and oxygen atoms in total. The van der Waals surface area contributed by atoms with E-state index in [1.54, 1.807) is 0 Å². The number of carbonyl (C=O) groups excluding carboxylic acids is 1. The highest BCUT2D eigenvalue weighted by Crippen LogP contribution is 2.38. The maximum Gasteiger partial charge on any atom is 0.226 e. The van der Waals surface area contributed by atoms with E-state index in [0.717, 1.165) is 38.0 Å². The van der Waals surface area contributed by atoms with E-state index >= 15 is 0 Å². The van der Waals surface area contributed by atoms with Crippen LogP contribution in [0.4, 0.5) is 0 Å². The van der Waals surface area contributed by atoms with E-state index in [-0.39, 0.29) is 30.4 Å². The highest BCUT2D eigenvalue weighted by molar-refractivity contribution is 8.00. The number of nitrogens with zero attached hydrogens (tertiary/aromatic N) is 1. The molecular weight excluding hydrogens is 328 g/mol. The lowest BCUT2D eigenvalue weighted by atomic mass is 9.84. The molecule has 1 aliphatic carbocycles. The summed E-state index contributed by atoms with van der Waals surface area (Å²) in [7, 11) is 0. The zero-order valence-corrected chi connectivity index (χ0v) is 15.3. The Balaban J connectivity index is 0.00000192. The lowest BCUT2D eigenvalue weighted by Gasteiger charge is -2.42. The summed E-state index contributed by atoms with van der Waals surface area (Å²) in [6, 6.07) is 10.9. The van der Waals surface area contributed by atoms with E-state index in [4.69, 9.17) is 5.73 Å². The minimum atomic E-state index is 0. The van der Waals surface area contributed by atoms with Crippen LogP contribution in [0.3, 0.4) is 0 Å². The Kier molecular flexibility index (Phi) is 6.81. The molecule has 4 atom stereocenters. The summed E-state index contributed by atoms with van der Waals surface area (Å²) in [6.07, 6.45) is 4.02. The SMILES string of the molecule is CC1SCCN(C(=O)C2CCCC(N)C2)C1c1ccccc1.Cl. The van der Waals surface area contributed by atoms with Crippen molar-refractivity contribution in [2.24, 2.45) is 11.7 Å². The summed E-state index contributed by atoms with van der Waals surface area (Å²) in [5, 5.41) is 0.442. The van der Waals surface area contributed by atoms with E-state index in [0.29, 0.717) is 11.2 Å². The number of hydrogen-bond donors (Lipinski definition) is 1. The van der Waals surface area contributed by atoms with Crippen molar-refractivity contribution >= 4 is 30.1 Å². The molecule has 0 radical (unpaired) electrons. The fourth-order valence-electron chi connectivity index (χ4n) is 3.86. The van der Waals surface area contributed by atoms with Gasteiger partial charge >= 0.3 is 0 Å². The van der Waals surface area contributed by atoms with Crippen molar-refractivity contribution in [1.29, 1.82) is 0 Å². The van der Waals surface area contributed by atoms with Crippen molar-refractivity contribution in [3.05, 3.63) is 35.9 Å². The van der Waals surface area contributed by atoms with Gasteiger partial charge in [-0.2, -0.15) is 11.8 Å². The Morgan fingerprint density at radius 1 is 1.26 bits per heavy atom. The van der Waals surface area contributed by atoms with Gasteiger partial charge in [-0.15, -0.1) is 12.4 Å². The summed E-state index contributed by atoms with van der Waals surface area (Å²) in [5.74, 6) is 1.50. The first kappa shape index (κ1) is 18.6. The number of hydrogen-bond acceptors (Lipinski definition) is 3. The van der Waals surface area contributed by atoms with Crippen LogP contribution < -0.4 is 5.73 Å². The van der Waals surface area contributed by atoms with E-state index in [2.05, 4.69) is 36.1 Å². The Morgan fingerprint density at radius 2 is 2.00 bits per heavy atom. The highest BCUT2D eigenvalue weighted by Gasteiger charge is 2.37. The zero-order chi connectivity index (χ0) is 15.5. The maximum atomic E-state index is 13.1. The third-order valence-electron chi connectivity index (χ3n) is 4.98. The number of carbonyl (C=O) groups is 1. The van der Waals surface area contributed by atoms with Gasteiger partial charge < -0.3 is 10.6 Å². The first-order valence-electron chi connectivity index (χ1n) is 8.39. The van der Waals surface area contributed by atoms with Crippen LogP contribution in [-0.2, 0) is 4.79 Å². The molecule has 1 heterocycles. The lowest BCUT2D eigenvalue weighted by Crippen LogP contribution is -2.48. The van der Waals surface area contributed by atoms with Crippen LogP contribution in [0, 0.1) is 5.92 Å². The van der Waals surface area contributed by atoms with E-state index in [1.165, 1.54) is 5.56 Å². The first-order valence-corrected chi connectivity index (χ1v) is 9.44. The average molecular weight is 355 g/mol. The number of amides is 1. The molecule has 0 spiro atoms. The summed E-state index contributed by atoms with van der Waals surface area (Å²) in [5.41, 5.74) is 7.35. The van der Waals surface area contributed by atoms with Gasteiger partial charge in [0.25, 0.3) is 0 Å². The van der Waals surface area contributed by atoms with Gasteiger partial charge in [0.15, 0.2) is 0 Å². The monoisotopic (exact) mass is 354 g/mol. The second kappa shape index (κ2) is 8.41. The molecule has 1 aromatic rings. The molecule has 2 fully saturated rings. The molecule has 1 saturated carbocycles. The number of rotatable bonds is 2. The zero-order valence-electron chi connectivity index (χ0n) is 13.7. The highest BCUT2D eigenvalue weighted by atomic mass is 35.5. The van der Waals surface area contributed by atoms with Gasteiger partial charge in [0.2, 0.25) is 5.91 Å². The van der Waals surface area contributed by atoms with Crippen LogP contribution in [0.25, 0.3) is 0 Å². The summed E-state index contributed by atoms with van der Waals surface area (Å²) < 4.78 is 0. The quantitative estimate of drug-likeness (QED) is 0.882. The maximum absolute atomic E-state index is 13.1. The summed E-state index contributed by atoms with van der Waals surface area (Å²) in [6.45, 7) is 3.10. The third kappa shape index (κ3) is 4.23. The molecule has 2 N–H and O–H groups in total. The second-order valence-electron chi connectivity index (χ2n) is 6.59. The lowest BCUT2D eigenvalue weighted by molar-refractivity contribution is -0.139. The van der Waals surface area contributed by atoms with Gasteiger partial charge in [0, 0.05) is 29.5 Å². The molecule has 1 saturated heterocycles. The van der Waals surface area contributed by atoms with Crippen molar-refractivity contribution in [3.8, 4) is 0 Å². The fraction of sp³-hybridized carbons (Fsp3) is 0.611. The molecular formula is C18H27ClN2OS. The van der Waals surface area contributed by atoms with Crippen molar-refractivity contribution in [3.63, 3.8) is 0 Å². The predicted octanol–water partition coefficient (Wildman–Crippen LogP) is 3.63. The van der Waals surface area contributed by atoms with Crippen LogP contribution in [0.2, 0.25) is 0 Å². The van der Waals surface area contributed by atoms with Gasteiger partial charge in [0.05, 0.1) is 6.04 Å². The van der Waals surface area contributed by atoms with Crippen LogP contribution in [0.5, 0.6) is 0 Å². The normalized spacial score (nSPS) is 31.3. The molecule has 23 heavy (non-hydrogen) atoms. The molecule has 0 bridgehead atoms. The third-order valence-corrected chi connectivity index (χ3v) is 6.18. The van der Waals surface area contributed by atoms with Crippen molar-refractivity contribution in [2.75, 3.05) is 12.3 Å². The van der Waals surface area contributed by atoms with Gasteiger partial charge in [-0.25, -0.2) is 0 Å². The van der Waals surface area contributed by atoms with Crippen LogP contribution in [0.1, 0.15) is 44.2 Å². The topological polar surface area (TPSA) is 46.3 Å². The second-order valence-corrected chi connectivity index (χ2v) is 8.07. The predicted molar refractivity (Wildman–Crippen MR) is 100.0 cm³/mol. The average Bonchev–Trinajstić information content (AvgIpc) is 2.55. The van der Waals surface area contributed by atoms with Gasteiger partial charge in [-0.05, 0) is 24.8 Å². The Bertz CT molecular complexity index is 513. The number of nitrogens with two attached hydrogens (primary N) is 1. The molecule has 2 aliphatic rings. The van der Waals surface area contributed by atoms with E-state index in [9.17, 15) is 4.79 Å². The largest absolute Gasteiger partial charge is 0.333 e. The molecule has 4 unspecified atom stereocenters. The molecule has 1 aromatic carbocycles. The smallest absolute Gasteiger partial charge is 0.226 e. The standard InChI is InChI=1S/C18H26N2OS.ClH/c1-13-17(14-6-3-2-4-7-14)20(10-11-22-13)18(21)15-8-5-9-16(19)12-15;/h2-4,6-7,13,15-17H,5,8-12,19H2,1H3;1H. The van der Waals surface area contributed by atoms with Crippen LogP contribution in [-0.4, -0.2) is 34.4 Å². The molecule has 1 amide bonds. The Labute approximate surface area is 149 Å². The van der Waals surface area contributed by atoms with Crippen LogP contribution in [0.15, 0.2) is 30.3 Å². The van der Waals surface area contributed by atoms with Gasteiger partial charge in [0.1, 0.15) is 0 Å². The minimum Gasteiger partial charge on any atom is -0.333 e. The fourth-order valence-corrected chi connectivity index (χ4v) is 5.02. The molecule has 5 heteroatoms. The number of thioether (sulfide) groups is 1. The number of benzene rings is 1. The van der Waals surface area contributed by atoms with E-state index < -0.39 is 0 Å². The minimum absolute atomic E-state index is 0. The summed E-state index contributed by atoms with van der Waals surface area (Å²) in [4.78, 5) is 15.2. The van der Waals surface area contributed by atoms with Crippen molar-refractivity contribution in [2.45, 2.75) is 49.9 Å². The first-order chi connectivity index (χ1) is 10.7. The van der Waals surface area contributed by atoms with Gasteiger partial charge in [-0.1, -0.05) is 43.7 Å². The van der Waals surface area contributed by atoms with Crippen molar-refractivity contribution < 1.29 is 4.79 Å². The Hall–Kier alpha value is -0.710. The molecule has 1 aliphatic heterocycles. The van der Waals surface area contributed by atoms with Crippen LogP contribution >= 0.6 is 24.2 Å². The molecule has 3 rings (SSSR count). The van der Waals surface area contributed by atoms with E-state index in [1.807, 2.05) is 17.8 Å². The molecule has 128 valence electrons. The van der Waals surface area contributed by atoms with Gasteiger partial charge in [-0.3, -0.25) is 4.79 Å². The van der Waals surface area contributed by atoms with Crippen molar-refractivity contribution in [1.82, 2.24) is 4.90 Å². The molecule has 0 aromatic heterocycles.